The van der Waals surface area contributed by atoms with Gasteiger partial charge in [-0.1, -0.05) is 12.1 Å². The van der Waals surface area contributed by atoms with Crippen LogP contribution in [0.4, 0.5) is 0 Å². The molecule has 0 aliphatic carbocycles. The van der Waals surface area contributed by atoms with E-state index in [1.807, 2.05) is 24.3 Å². The van der Waals surface area contributed by atoms with E-state index in [2.05, 4.69) is 11.9 Å². The topological polar surface area (TPSA) is 21.7 Å². The van der Waals surface area contributed by atoms with Gasteiger partial charge in [0, 0.05) is 6.04 Å². The summed E-state index contributed by atoms with van der Waals surface area (Å²) in [6.07, 6.45) is 2.50. The molecule has 0 bridgehead atoms. The van der Waals surface area contributed by atoms with Crippen LogP contribution < -0.4 is 9.47 Å². The van der Waals surface area contributed by atoms with Crippen LogP contribution >= 0.6 is 0 Å². The highest BCUT2D eigenvalue weighted by atomic mass is 16.5. The number of hydrogen-bond acceptors (Lipinski definition) is 3. The van der Waals surface area contributed by atoms with E-state index in [1.54, 1.807) is 7.11 Å². The van der Waals surface area contributed by atoms with Crippen molar-refractivity contribution in [2.45, 2.75) is 18.9 Å². The summed E-state index contributed by atoms with van der Waals surface area (Å²) in [6.45, 7) is 1.93. The molecule has 1 saturated heterocycles. The fraction of sp³-hybridized carbons (Fsp3) is 0.538. The summed E-state index contributed by atoms with van der Waals surface area (Å²) in [4.78, 5) is 2.36. The van der Waals surface area contributed by atoms with Crippen LogP contribution in [0.15, 0.2) is 24.3 Å². The molecule has 3 heteroatoms. The maximum Gasteiger partial charge on any atom is 0.161 e. The molecule has 0 N–H and O–H groups in total. The minimum atomic E-state index is 0.546. The van der Waals surface area contributed by atoms with E-state index in [9.17, 15) is 0 Å². The summed E-state index contributed by atoms with van der Waals surface area (Å²) < 4.78 is 11.1. The quantitative estimate of drug-likeness (QED) is 0.777. The third kappa shape index (κ3) is 2.47. The van der Waals surface area contributed by atoms with Crippen molar-refractivity contribution in [3.63, 3.8) is 0 Å². The summed E-state index contributed by atoms with van der Waals surface area (Å²) in [5, 5.41) is 0. The number of methoxy groups -OCH3 is 1. The Bertz CT molecular complexity index is 340. The lowest BCUT2D eigenvalue weighted by atomic mass is 10.2. The van der Waals surface area contributed by atoms with Gasteiger partial charge in [0.05, 0.1) is 7.11 Å². The Kier molecular flexibility index (Phi) is 3.67. The van der Waals surface area contributed by atoms with Crippen LogP contribution in [0.2, 0.25) is 0 Å². The molecule has 16 heavy (non-hydrogen) atoms. The predicted octanol–water partition coefficient (Wildman–Crippen LogP) is 2.17. The number of rotatable bonds is 4. The summed E-state index contributed by atoms with van der Waals surface area (Å²) >= 11 is 0. The Morgan fingerprint density at radius 2 is 2.06 bits per heavy atom. The fourth-order valence-corrected chi connectivity index (χ4v) is 2.11. The van der Waals surface area contributed by atoms with Gasteiger partial charge in [-0.3, -0.25) is 0 Å². The standard InChI is InChI=1S/C13H19NO2/c1-14-9-5-6-11(14)10-16-13-8-4-3-7-12(13)15-2/h3-4,7-8,11H,5-6,9-10H2,1-2H3. The van der Waals surface area contributed by atoms with Gasteiger partial charge in [-0.15, -0.1) is 0 Å². The Balaban J connectivity index is 1.93. The Labute approximate surface area is 97.0 Å². The molecule has 1 atom stereocenters. The van der Waals surface area contributed by atoms with Crippen molar-refractivity contribution in [2.75, 3.05) is 27.3 Å². The summed E-state index contributed by atoms with van der Waals surface area (Å²) in [7, 11) is 3.83. The average molecular weight is 221 g/mol. The van der Waals surface area contributed by atoms with Gasteiger partial charge in [-0.2, -0.15) is 0 Å². The largest absolute Gasteiger partial charge is 0.493 e. The number of likely N-dealkylation sites (N-methyl/N-ethyl adjacent to an activating group) is 1. The highest BCUT2D eigenvalue weighted by Gasteiger charge is 2.21. The first-order valence-corrected chi connectivity index (χ1v) is 5.77. The Hall–Kier alpha value is -1.22. The SMILES string of the molecule is COc1ccccc1OCC1CCCN1C. The van der Waals surface area contributed by atoms with Crippen LogP contribution in [0.1, 0.15) is 12.8 Å². The van der Waals surface area contributed by atoms with Crippen LogP contribution in [0, 0.1) is 0 Å². The van der Waals surface area contributed by atoms with Gasteiger partial charge in [0.2, 0.25) is 0 Å². The van der Waals surface area contributed by atoms with E-state index in [4.69, 9.17) is 9.47 Å². The normalized spacial score (nSPS) is 21.0. The van der Waals surface area contributed by atoms with Gasteiger partial charge in [-0.25, -0.2) is 0 Å². The van der Waals surface area contributed by atoms with Crippen LogP contribution in [0.5, 0.6) is 11.5 Å². The Morgan fingerprint density at radius 3 is 2.69 bits per heavy atom. The molecule has 0 aromatic heterocycles. The van der Waals surface area contributed by atoms with Crippen LogP contribution in [0.25, 0.3) is 0 Å². The molecule has 2 rings (SSSR count). The summed E-state index contributed by atoms with van der Waals surface area (Å²) in [5.41, 5.74) is 0. The van der Waals surface area contributed by atoms with Gasteiger partial charge in [0.25, 0.3) is 0 Å². The second-order valence-electron chi connectivity index (χ2n) is 4.24. The van der Waals surface area contributed by atoms with Crippen molar-refractivity contribution in [3.8, 4) is 11.5 Å². The molecule has 1 unspecified atom stereocenters. The highest BCUT2D eigenvalue weighted by molar-refractivity contribution is 5.39. The maximum atomic E-state index is 5.82. The van der Waals surface area contributed by atoms with Crippen molar-refractivity contribution >= 4 is 0 Å². The molecule has 1 fully saturated rings. The number of benzene rings is 1. The van der Waals surface area contributed by atoms with Crippen LogP contribution in [-0.4, -0.2) is 38.3 Å². The van der Waals surface area contributed by atoms with E-state index in [0.717, 1.165) is 18.1 Å². The average Bonchev–Trinajstić information content (AvgIpc) is 2.72. The first kappa shape index (κ1) is 11.3. The zero-order valence-corrected chi connectivity index (χ0v) is 9.98. The van der Waals surface area contributed by atoms with Crippen LogP contribution in [-0.2, 0) is 0 Å². The molecule has 1 aromatic rings. The Morgan fingerprint density at radius 1 is 1.31 bits per heavy atom. The molecule has 0 radical (unpaired) electrons. The number of para-hydroxylation sites is 2. The second-order valence-corrected chi connectivity index (χ2v) is 4.24. The van der Waals surface area contributed by atoms with E-state index in [1.165, 1.54) is 19.4 Å². The van der Waals surface area contributed by atoms with Gasteiger partial charge in [-0.05, 0) is 38.6 Å². The van der Waals surface area contributed by atoms with Crippen molar-refractivity contribution < 1.29 is 9.47 Å². The summed E-state index contributed by atoms with van der Waals surface area (Å²) in [5.74, 6) is 1.65. The van der Waals surface area contributed by atoms with Crippen molar-refractivity contribution in [1.29, 1.82) is 0 Å². The number of ether oxygens (including phenoxy) is 2. The number of likely N-dealkylation sites (tertiary alicyclic amines) is 1. The van der Waals surface area contributed by atoms with Crippen LogP contribution in [0.3, 0.4) is 0 Å². The lowest BCUT2D eigenvalue weighted by Crippen LogP contribution is -2.30. The first-order valence-electron chi connectivity index (χ1n) is 5.77. The van der Waals surface area contributed by atoms with Gasteiger partial charge < -0.3 is 14.4 Å². The molecule has 0 amide bonds. The molecular weight excluding hydrogens is 202 g/mol. The molecule has 0 saturated carbocycles. The maximum absolute atomic E-state index is 5.82. The molecular formula is C13H19NO2. The summed E-state index contributed by atoms with van der Waals surface area (Å²) in [6, 6.07) is 8.34. The lowest BCUT2D eigenvalue weighted by Gasteiger charge is -2.20. The highest BCUT2D eigenvalue weighted by Crippen LogP contribution is 2.26. The minimum absolute atomic E-state index is 0.546. The molecule has 88 valence electrons. The third-order valence-corrected chi connectivity index (χ3v) is 3.17. The van der Waals surface area contributed by atoms with Gasteiger partial charge in [0.15, 0.2) is 11.5 Å². The van der Waals surface area contributed by atoms with Crippen molar-refractivity contribution in [2.24, 2.45) is 0 Å². The lowest BCUT2D eigenvalue weighted by molar-refractivity contribution is 0.193. The van der Waals surface area contributed by atoms with E-state index in [0.29, 0.717) is 6.04 Å². The number of nitrogens with zero attached hydrogens (tertiary/aromatic N) is 1. The molecule has 1 aromatic carbocycles. The molecule has 1 heterocycles. The van der Waals surface area contributed by atoms with E-state index in [-0.39, 0.29) is 0 Å². The second kappa shape index (κ2) is 5.21. The van der Waals surface area contributed by atoms with E-state index < -0.39 is 0 Å². The smallest absolute Gasteiger partial charge is 0.161 e. The molecule has 1 aliphatic heterocycles. The van der Waals surface area contributed by atoms with Gasteiger partial charge >= 0.3 is 0 Å². The molecule has 3 nitrogen and oxygen atoms in total. The molecule has 1 aliphatic rings. The monoisotopic (exact) mass is 221 g/mol. The number of hydrogen-bond donors (Lipinski definition) is 0. The van der Waals surface area contributed by atoms with Crippen molar-refractivity contribution in [3.05, 3.63) is 24.3 Å². The predicted molar refractivity (Wildman–Crippen MR) is 64.1 cm³/mol. The first-order chi connectivity index (χ1) is 7.81. The van der Waals surface area contributed by atoms with Gasteiger partial charge in [0.1, 0.15) is 6.61 Å². The third-order valence-electron chi connectivity index (χ3n) is 3.17. The van der Waals surface area contributed by atoms with Crippen molar-refractivity contribution in [1.82, 2.24) is 4.90 Å². The zero-order valence-electron chi connectivity index (χ0n) is 9.98. The molecule has 0 spiro atoms. The minimum Gasteiger partial charge on any atom is -0.493 e. The van der Waals surface area contributed by atoms with E-state index >= 15 is 0 Å². The zero-order chi connectivity index (χ0) is 11.4. The fourth-order valence-electron chi connectivity index (χ4n) is 2.11.